The molecule has 0 saturated heterocycles. The molecule has 4 N–H and O–H groups in total. The van der Waals surface area contributed by atoms with Crippen LogP contribution < -0.4 is 11.5 Å². The van der Waals surface area contributed by atoms with Gasteiger partial charge in [-0.25, -0.2) is 0 Å². The summed E-state index contributed by atoms with van der Waals surface area (Å²) in [6.45, 7) is 0. The highest BCUT2D eigenvalue weighted by molar-refractivity contribution is 6.19. The molecule has 0 aliphatic carbocycles. The van der Waals surface area contributed by atoms with E-state index in [9.17, 15) is 4.79 Å². The molecule has 3 nitrogen and oxygen atoms in total. The lowest BCUT2D eigenvalue weighted by Crippen LogP contribution is -2.15. The smallest absolute Gasteiger partial charge is 0.251 e. The average molecular weight is 437 g/mol. The van der Waals surface area contributed by atoms with E-state index in [1.807, 2.05) is 91.0 Å². The van der Waals surface area contributed by atoms with Gasteiger partial charge in [0.05, 0.1) is 5.56 Å². The minimum absolute atomic E-state index is 0.267. The highest BCUT2D eigenvalue weighted by atomic mass is 16.1. The lowest BCUT2D eigenvalue weighted by atomic mass is 9.88. The van der Waals surface area contributed by atoms with Crippen molar-refractivity contribution in [3.63, 3.8) is 0 Å². The Bertz CT molecular complexity index is 1680. The fraction of sp³-hybridized carbons (Fsp3) is 0. The molecule has 0 fully saturated rings. The number of hydrogen-bond acceptors (Lipinski definition) is 2. The number of carbonyl (C=O) groups excluding carboxylic acids is 1. The van der Waals surface area contributed by atoms with Crippen LogP contribution in [-0.4, -0.2) is 5.91 Å². The standard InChI is InChI=1S/C31H20N2O/c32-28-20-19-27-25(17-15-21-9-3-1-4-10-21)23-13-7-8-14-24(23)26(29(27)30(28)31(33)34)18-16-22-11-5-2-6-12-22/h1-14,19-20H,32H2,(H2,33,34). The highest BCUT2D eigenvalue weighted by Crippen LogP contribution is 2.36. The van der Waals surface area contributed by atoms with Crippen LogP contribution in [0.4, 0.5) is 5.69 Å². The summed E-state index contributed by atoms with van der Waals surface area (Å²) in [5.41, 5.74) is 15.9. The molecule has 1 amide bonds. The van der Waals surface area contributed by atoms with E-state index in [0.717, 1.165) is 32.8 Å². The third-order valence-corrected chi connectivity index (χ3v) is 5.68. The predicted molar refractivity (Wildman–Crippen MR) is 139 cm³/mol. The lowest BCUT2D eigenvalue weighted by Gasteiger charge is -2.14. The van der Waals surface area contributed by atoms with Gasteiger partial charge in [-0.05, 0) is 41.1 Å². The fourth-order valence-electron chi connectivity index (χ4n) is 4.13. The van der Waals surface area contributed by atoms with Gasteiger partial charge in [-0.3, -0.25) is 4.79 Å². The van der Waals surface area contributed by atoms with E-state index in [-0.39, 0.29) is 5.56 Å². The van der Waals surface area contributed by atoms with E-state index in [1.54, 1.807) is 6.07 Å². The molecule has 0 bridgehead atoms. The molecule has 3 heteroatoms. The molecule has 160 valence electrons. The van der Waals surface area contributed by atoms with Crippen LogP contribution in [0.15, 0.2) is 97.1 Å². The molecule has 0 aromatic heterocycles. The average Bonchev–Trinajstić information content (AvgIpc) is 2.87. The number of primary amides is 1. The Kier molecular flexibility index (Phi) is 5.45. The van der Waals surface area contributed by atoms with Crippen LogP contribution in [0.3, 0.4) is 0 Å². The number of benzene rings is 5. The van der Waals surface area contributed by atoms with Gasteiger partial charge in [0.2, 0.25) is 0 Å². The third-order valence-electron chi connectivity index (χ3n) is 5.68. The second-order valence-electron chi connectivity index (χ2n) is 7.84. The summed E-state index contributed by atoms with van der Waals surface area (Å²) in [5.74, 6) is 12.5. The van der Waals surface area contributed by atoms with Gasteiger partial charge in [0.1, 0.15) is 0 Å². The second kappa shape index (κ2) is 8.87. The van der Waals surface area contributed by atoms with Crippen molar-refractivity contribution in [2.75, 3.05) is 5.73 Å². The van der Waals surface area contributed by atoms with Crippen molar-refractivity contribution >= 4 is 33.1 Å². The van der Waals surface area contributed by atoms with Crippen LogP contribution >= 0.6 is 0 Å². The largest absolute Gasteiger partial charge is 0.398 e. The van der Waals surface area contributed by atoms with Crippen LogP contribution in [0.25, 0.3) is 21.5 Å². The molecule has 34 heavy (non-hydrogen) atoms. The van der Waals surface area contributed by atoms with Gasteiger partial charge < -0.3 is 11.5 Å². The first kappa shape index (κ1) is 20.9. The number of anilines is 1. The van der Waals surface area contributed by atoms with Crippen molar-refractivity contribution in [3.8, 4) is 23.7 Å². The summed E-state index contributed by atoms with van der Waals surface area (Å²) in [5, 5.41) is 3.27. The minimum atomic E-state index is -0.594. The van der Waals surface area contributed by atoms with Crippen LogP contribution in [0.2, 0.25) is 0 Å². The van der Waals surface area contributed by atoms with Crippen molar-refractivity contribution in [2.45, 2.75) is 0 Å². The molecule has 5 rings (SSSR count). The number of nitrogens with two attached hydrogens (primary N) is 2. The Balaban J connectivity index is 1.92. The van der Waals surface area contributed by atoms with Crippen molar-refractivity contribution in [1.29, 1.82) is 0 Å². The third kappa shape index (κ3) is 3.84. The van der Waals surface area contributed by atoms with Gasteiger partial charge in [0, 0.05) is 38.7 Å². The van der Waals surface area contributed by atoms with E-state index in [1.165, 1.54) is 0 Å². The normalized spacial score (nSPS) is 10.2. The SMILES string of the molecule is NC(=O)c1c(N)ccc2c(C#Cc3ccccc3)c3ccccc3c(C#Cc3ccccc3)c12. The zero-order chi connectivity index (χ0) is 23.5. The zero-order valence-corrected chi connectivity index (χ0v) is 18.3. The molecule has 0 heterocycles. The second-order valence-corrected chi connectivity index (χ2v) is 7.84. The predicted octanol–water partition coefficient (Wildman–Crippen LogP) is 5.47. The summed E-state index contributed by atoms with van der Waals surface area (Å²) >= 11 is 0. The van der Waals surface area contributed by atoms with Crippen molar-refractivity contribution < 1.29 is 4.79 Å². The van der Waals surface area contributed by atoms with Crippen LogP contribution in [0, 0.1) is 23.7 Å². The molecule has 0 spiro atoms. The van der Waals surface area contributed by atoms with E-state index in [2.05, 4.69) is 23.7 Å². The maximum Gasteiger partial charge on any atom is 0.251 e. The molecule has 5 aromatic carbocycles. The monoisotopic (exact) mass is 436 g/mol. The Morgan fingerprint density at radius 1 is 0.559 bits per heavy atom. The van der Waals surface area contributed by atoms with Gasteiger partial charge in [-0.15, -0.1) is 0 Å². The first-order valence-electron chi connectivity index (χ1n) is 10.8. The van der Waals surface area contributed by atoms with Crippen LogP contribution in [-0.2, 0) is 0 Å². The van der Waals surface area contributed by atoms with Crippen molar-refractivity contribution in [2.24, 2.45) is 5.73 Å². The van der Waals surface area contributed by atoms with E-state index < -0.39 is 5.91 Å². The maximum atomic E-state index is 12.5. The zero-order valence-electron chi connectivity index (χ0n) is 18.3. The van der Waals surface area contributed by atoms with Gasteiger partial charge in [0.25, 0.3) is 5.91 Å². The molecule has 0 radical (unpaired) electrons. The molecular formula is C31H20N2O. The summed E-state index contributed by atoms with van der Waals surface area (Å²) < 4.78 is 0. The van der Waals surface area contributed by atoms with Crippen LogP contribution in [0.5, 0.6) is 0 Å². The number of hydrogen-bond donors (Lipinski definition) is 2. The molecule has 0 unspecified atom stereocenters. The number of nitrogen functional groups attached to an aromatic ring is 1. The van der Waals surface area contributed by atoms with Gasteiger partial charge in [-0.1, -0.05) is 90.4 Å². The maximum absolute atomic E-state index is 12.5. The quantitative estimate of drug-likeness (QED) is 0.208. The fourth-order valence-corrected chi connectivity index (χ4v) is 4.13. The van der Waals surface area contributed by atoms with Gasteiger partial charge >= 0.3 is 0 Å². The van der Waals surface area contributed by atoms with E-state index in [4.69, 9.17) is 11.5 Å². The van der Waals surface area contributed by atoms with Gasteiger partial charge in [0.15, 0.2) is 0 Å². The molecule has 0 aliphatic heterocycles. The molecule has 5 aromatic rings. The summed E-state index contributed by atoms with van der Waals surface area (Å²) in [6, 6.07) is 31.0. The van der Waals surface area contributed by atoms with E-state index in [0.29, 0.717) is 16.6 Å². The molecule has 0 atom stereocenters. The Labute approximate surface area is 198 Å². The first-order valence-corrected chi connectivity index (χ1v) is 10.8. The minimum Gasteiger partial charge on any atom is -0.398 e. The number of rotatable bonds is 1. The summed E-state index contributed by atoms with van der Waals surface area (Å²) in [4.78, 5) is 12.5. The Morgan fingerprint density at radius 2 is 1.06 bits per heavy atom. The van der Waals surface area contributed by atoms with Crippen LogP contribution in [0.1, 0.15) is 32.6 Å². The lowest BCUT2D eigenvalue weighted by molar-refractivity contribution is 0.100. The Hall–Kier alpha value is -4.99. The molecule has 0 saturated carbocycles. The highest BCUT2D eigenvalue weighted by Gasteiger charge is 2.19. The molecular weight excluding hydrogens is 416 g/mol. The van der Waals surface area contributed by atoms with E-state index >= 15 is 0 Å². The van der Waals surface area contributed by atoms with Crippen molar-refractivity contribution in [3.05, 3.63) is 125 Å². The Morgan fingerprint density at radius 3 is 1.62 bits per heavy atom. The summed E-state index contributed by atoms with van der Waals surface area (Å²) in [7, 11) is 0. The summed E-state index contributed by atoms with van der Waals surface area (Å²) in [6.07, 6.45) is 0. The van der Waals surface area contributed by atoms with Crippen molar-refractivity contribution in [1.82, 2.24) is 0 Å². The van der Waals surface area contributed by atoms with Gasteiger partial charge in [-0.2, -0.15) is 0 Å². The molecule has 0 aliphatic rings. The first-order chi connectivity index (χ1) is 16.6. The number of carbonyl (C=O) groups is 1. The number of fused-ring (bicyclic) bond motifs is 2. The topological polar surface area (TPSA) is 69.1 Å². The number of amides is 1.